The molecule has 1 aliphatic rings. The van der Waals surface area contributed by atoms with E-state index in [1.54, 1.807) is 19.1 Å². The van der Waals surface area contributed by atoms with Crippen molar-refractivity contribution in [2.45, 2.75) is 24.4 Å². The zero-order valence-electron chi connectivity index (χ0n) is 20.9. The van der Waals surface area contributed by atoms with Gasteiger partial charge in [-0.3, -0.25) is 9.59 Å². The molecule has 0 bridgehead atoms. The van der Waals surface area contributed by atoms with Gasteiger partial charge in [0, 0.05) is 33.3 Å². The van der Waals surface area contributed by atoms with E-state index < -0.39 is 27.8 Å². The van der Waals surface area contributed by atoms with Crippen molar-refractivity contribution in [1.29, 1.82) is 0 Å². The molecular weight excluding hydrogens is 505 g/mol. The Balaban J connectivity index is 1.67. The fraction of sp³-hybridized carbons (Fsp3) is 0.440. The maximum atomic E-state index is 13.3. The number of sulfonamides is 1. The summed E-state index contributed by atoms with van der Waals surface area (Å²) in [5.41, 5.74) is 0.643. The molecule has 2 aromatic rings. The highest BCUT2D eigenvalue weighted by molar-refractivity contribution is 7.89. The van der Waals surface area contributed by atoms with E-state index in [1.165, 1.54) is 52.7 Å². The van der Waals surface area contributed by atoms with E-state index in [4.69, 9.17) is 14.2 Å². The lowest BCUT2D eigenvalue weighted by Gasteiger charge is -2.28. The smallest absolute Gasteiger partial charge is 0.261 e. The van der Waals surface area contributed by atoms with E-state index in [-0.39, 0.29) is 43.6 Å². The summed E-state index contributed by atoms with van der Waals surface area (Å²) in [4.78, 5) is 27.2. The molecule has 1 fully saturated rings. The van der Waals surface area contributed by atoms with E-state index in [0.29, 0.717) is 31.1 Å². The fourth-order valence-corrected chi connectivity index (χ4v) is 5.07. The van der Waals surface area contributed by atoms with Gasteiger partial charge in [0.25, 0.3) is 5.91 Å². The number of nitrogens with zero attached hydrogens (tertiary/aromatic N) is 2. The van der Waals surface area contributed by atoms with Crippen LogP contribution in [0, 0.1) is 5.82 Å². The Morgan fingerprint density at radius 3 is 2.38 bits per heavy atom. The van der Waals surface area contributed by atoms with Crippen LogP contribution in [0.2, 0.25) is 0 Å². The molecule has 0 aromatic heterocycles. The lowest BCUT2D eigenvalue weighted by molar-refractivity contribution is -0.142. The van der Waals surface area contributed by atoms with E-state index in [9.17, 15) is 22.4 Å². The lowest BCUT2D eigenvalue weighted by Crippen LogP contribution is -2.49. The molecule has 37 heavy (non-hydrogen) atoms. The molecule has 0 radical (unpaired) electrons. The van der Waals surface area contributed by atoms with Crippen molar-refractivity contribution in [3.63, 3.8) is 0 Å². The topological polar surface area (TPSA) is 114 Å². The Morgan fingerprint density at radius 2 is 1.76 bits per heavy atom. The normalized spacial score (nSPS) is 15.1. The van der Waals surface area contributed by atoms with Gasteiger partial charge in [-0.2, -0.15) is 4.31 Å². The number of rotatable bonds is 12. The molecule has 1 aliphatic heterocycles. The zero-order valence-corrected chi connectivity index (χ0v) is 21.7. The van der Waals surface area contributed by atoms with Crippen LogP contribution >= 0.6 is 0 Å². The number of benzene rings is 2. The molecule has 1 saturated heterocycles. The van der Waals surface area contributed by atoms with Crippen LogP contribution in [-0.4, -0.2) is 88.7 Å². The van der Waals surface area contributed by atoms with E-state index >= 15 is 0 Å². The van der Waals surface area contributed by atoms with E-state index in [0.717, 1.165) is 0 Å². The number of halogens is 1. The minimum Gasteiger partial charge on any atom is -0.484 e. The molecule has 10 nitrogen and oxygen atoms in total. The van der Waals surface area contributed by atoms with Gasteiger partial charge in [0.15, 0.2) is 6.61 Å². The van der Waals surface area contributed by atoms with Gasteiger partial charge in [-0.15, -0.1) is 0 Å². The van der Waals surface area contributed by atoms with Crippen LogP contribution < -0.4 is 10.1 Å². The predicted molar refractivity (Wildman–Crippen MR) is 133 cm³/mol. The molecule has 1 N–H and O–H groups in total. The SMILES string of the molecule is COCCNC(=O)C(C)N(Cc1ccc(F)cc1)C(=O)COc1ccc(S(=O)(=O)N2CCOCC2)cc1. The van der Waals surface area contributed by atoms with Crippen LogP contribution in [0.5, 0.6) is 5.75 Å². The summed E-state index contributed by atoms with van der Waals surface area (Å²) in [6, 6.07) is 10.6. The van der Waals surface area contributed by atoms with Gasteiger partial charge in [0.1, 0.15) is 17.6 Å². The number of carbonyl (C=O) groups is 2. The highest BCUT2D eigenvalue weighted by Crippen LogP contribution is 2.21. The Labute approximate surface area is 216 Å². The number of morpholine rings is 1. The molecule has 1 heterocycles. The molecule has 0 aliphatic carbocycles. The van der Waals surface area contributed by atoms with Gasteiger partial charge in [-0.1, -0.05) is 12.1 Å². The van der Waals surface area contributed by atoms with Crippen molar-refractivity contribution in [2.24, 2.45) is 0 Å². The van der Waals surface area contributed by atoms with Gasteiger partial charge < -0.3 is 24.4 Å². The maximum Gasteiger partial charge on any atom is 0.261 e. The molecule has 0 spiro atoms. The van der Waals surface area contributed by atoms with Crippen LogP contribution in [-0.2, 0) is 35.6 Å². The first kappa shape index (κ1) is 28.5. The summed E-state index contributed by atoms with van der Waals surface area (Å²) in [6.45, 7) is 3.16. The number of amides is 2. The van der Waals surface area contributed by atoms with Crippen molar-refractivity contribution >= 4 is 21.8 Å². The van der Waals surface area contributed by atoms with Gasteiger partial charge >= 0.3 is 0 Å². The van der Waals surface area contributed by atoms with E-state index in [2.05, 4.69) is 5.32 Å². The summed E-state index contributed by atoms with van der Waals surface area (Å²) < 4.78 is 56.0. The summed E-state index contributed by atoms with van der Waals surface area (Å²) >= 11 is 0. The standard InChI is InChI=1S/C25H32FN3O7S/c1-19(25(31)27-11-14-34-2)29(17-20-3-5-21(26)6-4-20)24(30)18-36-22-7-9-23(10-8-22)37(32,33)28-12-15-35-16-13-28/h3-10,19H,11-18H2,1-2H3,(H,27,31). The van der Waals surface area contributed by atoms with Crippen LogP contribution in [0.3, 0.4) is 0 Å². The van der Waals surface area contributed by atoms with Crippen LogP contribution in [0.25, 0.3) is 0 Å². The second kappa shape index (κ2) is 13.5. The number of carbonyl (C=O) groups excluding carboxylic acids is 2. The number of ether oxygens (including phenoxy) is 3. The largest absolute Gasteiger partial charge is 0.484 e. The minimum absolute atomic E-state index is 0.0675. The van der Waals surface area contributed by atoms with Crippen molar-refractivity contribution in [1.82, 2.24) is 14.5 Å². The number of nitrogens with one attached hydrogen (secondary N) is 1. The molecular formula is C25H32FN3O7S. The number of hydrogen-bond donors (Lipinski definition) is 1. The average Bonchev–Trinajstić information content (AvgIpc) is 2.91. The Kier molecular flexibility index (Phi) is 10.4. The summed E-state index contributed by atoms with van der Waals surface area (Å²) in [5.74, 6) is -0.948. The first-order chi connectivity index (χ1) is 17.7. The molecule has 2 amide bonds. The summed E-state index contributed by atoms with van der Waals surface area (Å²) in [6.07, 6.45) is 0. The Hall–Kier alpha value is -3.06. The van der Waals surface area contributed by atoms with Crippen molar-refractivity contribution < 1.29 is 36.6 Å². The molecule has 0 saturated carbocycles. The summed E-state index contributed by atoms with van der Waals surface area (Å²) in [7, 11) is -2.13. The molecule has 3 rings (SSSR count). The van der Waals surface area contributed by atoms with Gasteiger partial charge in [-0.05, 0) is 48.9 Å². The first-order valence-electron chi connectivity index (χ1n) is 11.8. The van der Waals surface area contributed by atoms with E-state index in [1.807, 2.05) is 0 Å². The monoisotopic (exact) mass is 537 g/mol. The van der Waals surface area contributed by atoms with Gasteiger partial charge in [-0.25, -0.2) is 12.8 Å². The summed E-state index contributed by atoms with van der Waals surface area (Å²) in [5, 5.41) is 2.71. The third kappa shape index (κ3) is 7.96. The molecule has 1 atom stereocenters. The number of hydrogen-bond acceptors (Lipinski definition) is 7. The Bertz CT molecular complexity index is 1140. The minimum atomic E-state index is -3.65. The predicted octanol–water partition coefficient (Wildman–Crippen LogP) is 1.41. The first-order valence-corrected chi connectivity index (χ1v) is 13.3. The second-order valence-corrected chi connectivity index (χ2v) is 10.3. The lowest BCUT2D eigenvalue weighted by atomic mass is 10.1. The van der Waals surface area contributed by atoms with Crippen molar-refractivity contribution in [2.75, 3.05) is 53.2 Å². The molecule has 12 heteroatoms. The Morgan fingerprint density at radius 1 is 1.11 bits per heavy atom. The molecule has 1 unspecified atom stereocenters. The van der Waals surface area contributed by atoms with Crippen LogP contribution in [0.1, 0.15) is 12.5 Å². The third-order valence-electron chi connectivity index (χ3n) is 5.83. The highest BCUT2D eigenvalue weighted by Gasteiger charge is 2.28. The maximum absolute atomic E-state index is 13.3. The third-order valence-corrected chi connectivity index (χ3v) is 7.75. The average molecular weight is 538 g/mol. The quantitative estimate of drug-likeness (QED) is 0.407. The van der Waals surface area contributed by atoms with Gasteiger partial charge in [0.2, 0.25) is 15.9 Å². The second-order valence-electron chi connectivity index (χ2n) is 8.38. The van der Waals surface area contributed by atoms with Crippen molar-refractivity contribution in [3.8, 4) is 5.75 Å². The fourth-order valence-electron chi connectivity index (χ4n) is 3.66. The number of methoxy groups -OCH3 is 1. The molecule has 2 aromatic carbocycles. The van der Waals surface area contributed by atoms with Crippen LogP contribution in [0.4, 0.5) is 4.39 Å². The zero-order chi connectivity index (χ0) is 26.8. The van der Waals surface area contributed by atoms with Gasteiger partial charge in [0.05, 0.1) is 24.7 Å². The van der Waals surface area contributed by atoms with Crippen molar-refractivity contribution in [3.05, 3.63) is 59.9 Å². The van der Waals surface area contributed by atoms with Crippen LogP contribution in [0.15, 0.2) is 53.4 Å². The molecule has 202 valence electrons. The highest BCUT2D eigenvalue weighted by atomic mass is 32.2.